The number of pyridine rings is 2. The van der Waals surface area contributed by atoms with E-state index in [-0.39, 0.29) is 23.6 Å². The third-order valence-corrected chi connectivity index (χ3v) is 6.02. The molecule has 33 heavy (non-hydrogen) atoms. The van der Waals surface area contributed by atoms with Crippen LogP contribution in [0.4, 0.5) is 5.69 Å². The van der Waals surface area contributed by atoms with Crippen LogP contribution in [0.2, 0.25) is 0 Å². The van der Waals surface area contributed by atoms with Gasteiger partial charge in [0, 0.05) is 41.6 Å². The Balaban J connectivity index is 1.38. The monoisotopic (exact) mass is 444 g/mol. The van der Waals surface area contributed by atoms with Crippen LogP contribution in [-0.4, -0.2) is 29.0 Å². The summed E-state index contributed by atoms with van der Waals surface area (Å²) in [6, 6.07) is 9.05. The van der Waals surface area contributed by atoms with Gasteiger partial charge in [-0.05, 0) is 54.8 Å². The summed E-state index contributed by atoms with van der Waals surface area (Å²) >= 11 is 0. The van der Waals surface area contributed by atoms with Crippen molar-refractivity contribution in [3.63, 3.8) is 0 Å². The average molecular weight is 444 g/mol. The number of benzene rings is 1. The second kappa shape index (κ2) is 8.65. The maximum Gasteiger partial charge on any atom is 0.257 e. The van der Waals surface area contributed by atoms with Gasteiger partial charge < -0.3 is 24.8 Å². The van der Waals surface area contributed by atoms with Crippen molar-refractivity contribution < 1.29 is 13.9 Å². The Bertz CT molecular complexity index is 1370. The van der Waals surface area contributed by atoms with Crippen molar-refractivity contribution in [1.29, 1.82) is 0 Å². The third kappa shape index (κ3) is 4.18. The van der Waals surface area contributed by atoms with E-state index < -0.39 is 0 Å². The molecule has 2 atom stereocenters. The van der Waals surface area contributed by atoms with Gasteiger partial charge in [-0.2, -0.15) is 0 Å². The van der Waals surface area contributed by atoms with Crippen molar-refractivity contribution in [2.24, 2.45) is 0 Å². The molecule has 1 amide bonds. The van der Waals surface area contributed by atoms with Crippen LogP contribution < -0.4 is 16.2 Å². The molecule has 2 unspecified atom stereocenters. The molecule has 0 spiro atoms. The van der Waals surface area contributed by atoms with E-state index in [1.54, 1.807) is 31.0 Å². The van der Waals surface area contributed by atoms with Crippen LogP contribution >= 0.6 is 0 Å². The first-order valence-corrected chi connectivity index (χ1v) is 10.8. The van der Waals surface area contributed by atoms with Gasteiger partial charge in [0.05, 0.1) is 42.4 Å². The number of morpholine rings is 1. The number of aryl methyl sites for hydroxylation is 2. The third-order valence-electron chi connectivity index (χ3n) is 6.02. The number of nitrogens with one attached hydrogen (secondary N) is 3. The summed E-state index contributed by atoms with van der Waals surface area (Å²) in [5.74, 6) is -0.264. The van der Waals surface area contributed by atoms with Crippen molar-refractivity contribution in [3.8, 4) is 0 Å². The molecule has 0 saturated carbocycles. The number of hydrogen-bond acceptors (Lipinski definition) is 6. The molecule has 8 heteroatoms. The lowest BCUT2D eigenvalue weighted by Gasteiger charge is -2.30. The summed E-state index contributed by atoms with van der Waals surface area (Å²) in [6.07, 6.45) is 6.30. The lowest BCUT2D eigenvalue weighted by molar-refractivity contribution is 0.00183. The van der Waals surface area contributed by atoms with Gasteiger partial charge in [-0.3, -0.25) is 14.6 Å². The van der Waals surface area contributed by atoms with Gasteiger partial charge in [0.15, 0.2) is 0 Å². The summed E-state index contributed by atoms with van der Waals surface area (Å²) in [5, 5.41) is 7.33. The number of furan rings is 1. The van der Waals surface area contributed by atoms with Crippen LogP contribution in [0.15, 0.2) is 64.5 Å². The zero-order chi connectivity index (χ0) is 22.9. The molecule has 4 heterocycles. The van der Waals surface area contributed by atoms with E-state index in [0.717, 1.165) is 33.2 Å². The van der Waals surface area contributed by atoms with Crippen LogP contribution in [0.3, 0.4) is 0 Å². The standard InChI is InChI=1S/C25H24N4O4/c1-14-8-23(30)29-24-15(2)7-17(9-19(14)24)28-25(31)20-10-26-5-3-18(20)22-11-27-21(13-33-22)16-4-6-32-12-16/h3-10,12,21-22,27H,11,13H2,1-2H3,(H,28,31)(H,29,30). The average Bonchev–Trinajstić information content (AvgIpc) is 3.35. The van der Waals surface area contributed by atoms with Crippen molar-refractivity contribution in [1.82, 2.24) is 15.3 Å². The van der Waals surface area contributed by atoms with Gasteiger partial charge in [-0.15, -0.1) is 0 Å². The largest absolute Gasteiger partial charge is 0.472 e. The Morgan fingerprint density at radius 3 is 2.82 bits per heavy atom. The Kier molecular flexibility index (Phi) is 5.53. The Morgan fingerprint density at radius 1 is 1.18 bits per heavy atom. The molecule has 0 aliphatic carbocycles. The molecule has 0 bridgehead atoms. The highest BCUT2D eigenvalue weighted by Crippen LogP contribution is 2.29. The SMILES string of the molecule is Cc1cc(=O)[nH]c2c(C)cc(NC(=O)c3cnccc3C3CNC(c4ccoc4)CO3)cc12. The lowest BCUT2D eigenvalue weighted by atomic mass is 10.0. The fourth-order valence-corrected chi connectivity index (χ4v) is 4.31. The molecule has 8 nitrogen and oxygen atoms in total. The molecule has 0 radical (unpaired) electrons. The number of hydrogen-bond donors (Lipinski definition) is 3. The minimum Gasteiger partial charge on any atom is -0.472 e. The van der Waals surface area contributed by atoms with Crippen molar-refractivity contribution in [3.05, 3.63) is 93.4 Å². The molecule has 3 N–H and O–H groups in total. The second-order valence-electron chi connectivity index (χ2n) is 8.29. The lowest BCUT2D eigenvalue weighted by Crippen LogP contribution is -2.37. The second-order valence-corrected chi connectivity index (χ2v) is 8.29. The minimum absolute atomic E-state index is 0.0503. The molecule has 1 saturated heterocycles. The number of carbonyl (C=O) groups is 1. The number of aromatic nitrogens is 2. The van der Waals surface area contributed by atoms with E-state index in [4.69, 9.17) is 9.15 Å². The van der Waals surface area contributed by atoms with E-state index >= 15 is 0 Å². The molecular weight excluding hydrogens is 420 g/mol. The molecule has 1 fully saturated rings. The summed E-state index contributed by atoms with van der Waals surface area (Å²) in [6.45, 7) is 4.81. The summed E-state index contributed by atoms with van der Waals surface area (Å²) < 4.78 is 11.3. The van der Waals surface area contributed by atoms with Crippen LogP contribution in [0.5, 0.6) is 0 Å². The van der Waals surface area contributed by atoms with Gasteiger partial charge in [-0.1, -0.05) is 0 Å². The highest BCUT2D eigenvalue weighted by atomic mass is 16.5. The molecular formula is C25H24N4O4. The van der Waals surface area contributed by atoms with E-state index in [9.17, 15) is 9.59 Å². The van der Waals surface area contributed by atoms with E-state index in [1.807, 2.05) is 38.1 Å². The Morgan fingerprint density at radius 2 is 2.06 bits per heavy atom. The quantitative estimate of drug-likeness (QED) is 0.442. The van der Waals surface area contributed by atoms with Crippen molar-refractivity contribution in [2.45, 2.75) is 26.0 Å². The highest BCUT2D eigenvalue weighted by molar-refractivity contribution is 6.06. The number of ether oxygens (including phenoxy) is 1. The van der Waals surface area contributed by atoms with E-state index in [1.165, 1.54) is 0 Å². The van der Waals surface area contributed by atoms with Crippen molar-refractivity contribution >= 4 is 22.5 Å². The number of carbonyl (C=O) groups excluding carboxylic acids is 1. The van der Waals surface area contributed by atoms with Gasteiger partial charge in [0.2, 0.25) is 5.56 Å². The summed E-state index contributed by atoms with van der Waals surface area (Å²) in [4.78, 5) is 32.1. The summed E-state index contributed by atoms with van der Waals surface area (Å²) in [5.41, 5.74) is 5.27. The number of nitrogens with zero attached hydrogens (tertiary/aromatic N) is 1. The predicted octanol–water partition coefficient (Wildman–Crippen LogP) is 3.79. The number of anilines is 1. The summed E-state index contributed by atoms with van der Waals surface area (Å²) in [7, 11) is 0. The zero-order valence-electron chi connectivity index (χ0n) is 18.3. The first kappa shape index (κ1) is 21.1. The number of H-pyrrole nitrogens is 1. The predicted molar refractivity (Wildman–Crippen MR) is 124 cm³/mol. The zero-order valence-corrected chi connectivity index (χ0v) is 18.3. The molecule has 168 valence electrons. The Hall–Kier alpha value is -3.75. The van der Waals surface area contributed by atoms with E-state index in [0.29, 0.717) is 24.4 Å². The van der Waals surface area contributed by atoms with Crippen molar-refractivity contribution in [2.75, 3.05) is 18.5 Å². The molecule has 4 aromatic rings. The van der Waals surface area contributed by atoms with E-state index in [2.05, 4.69) is 20.6 Å². The number of fused-ring (bicyclic) bond motifs is 1. The van der Waals surface area contributed by atoms with Gasteiger partial charge in [0.1, 0.15) is 0 Å². The molecule has 1 aromatic carbocycles. The normalized spacial score (nSPS) is 18.4. The fourth-order valence-electron chi connectivity index (χ4n) is 4.31. The van der Waals surface area contributed by atoms with Crippen LogP contribution in [0.1, 0.15) is 44.8 Å². The topological polar surface area (TPSA) is 109 Å². The molecule has 1 aliphatic heterocycles. The number of aromatic amines is 1. The smallest absolute Gasteiger partial charge is 0.257 e. The maximum atomic E-state index is 13.2. The first-order chi connectivity index (χ1) is 16.0. The minimum atomic E-state index is -0.275. The molecule has 5 rings (SSSR count). The fraction of sp³-hybridized carbons (Fsp3) is 0.240. The maximum absolute atomic E-state index is 13.2. The number of amides is 1. The van der Waals surface area contributed by atoms with Gasteiger partial charge in [-0.25, -0.2) is 0 Å². The highest BCUT2D eigenvalue weighted by Gasteiger charge is 2.27. The first-order valence-electron chi connectivity index (χ1n) is 10.8. The number of rotatable bonds is 4. The Labute approximate surface area is 190 Å². The van der Waals surface area contributed by atoms with Gasteiger partial charge in [0.25, 0.3) is 5.91 Å². The molecule has 1 aliphatic rings. The molecule has 3 aromatic heterocycles. The van der Waals surface area contributed by atoms with Crippen LogP contribution in [0, 0.1) is 13.8 Å². The van der Waals surface area contributed by atoms with Crippen LogP contribution in [-0.2, 0) is 4.74 Å². The van der Waals surface area contributed by atoms with Crippen LogP contribution in [0.25, 0.3) is 10.9 Å². The van der Waals surface area contributed by atoms with Gasteiger partial charge >= 0.3 is 0 Å².